The standard InChI is InChI=1S/C27H24FNO4/c28-19-8-5-7-18(15-19)16-27(25(30)31)13-6-14-29(27)26(32)33-17-24-22-11-3-1-9-20(22)21-10-2-4-12-23(21)24/h1-5,7-12,15,24H,6,13-14,16-17H2,(H,30,31)/t27-/m0/s1. The summed E-state index contributed by atoms with van der Waals surface area (Å²) < 4.78 is 19.4. The van der Waals surface area contributed by atoms with E-state index < -0.39 is 23.4 Å². The highest BCUT2D eigenvalue weighted by Crippen LogP contribution is 2.44. The minimum Gasteiger partial charge on any atom is -0.479 e. The second-order valence-corrected chi connectivity index (χ2v) is 8.70. The van der Waals surface area contributed by atoms with Gasteiger partial charge in [0.15, 0.2) is 0 Å². The molecule has 1 amide bonds. The fourth-order valence-corrected chi connectivity index (χ4v) is 5.28. The molecular formula is C27H24FNO4. The Kier molecular flexibility index (Phi) is 5.36. The number of halogens is 1. The minimum atomic E-state index is -1.45. The van der Waals surface area contributed by atoms with E-state index in [2.05, 4.69) is 12.1 Å². The van der Waals surface area contributed by atoms with Crippen LogP contribution in [0.4, 0.5) is 9.18 Å². The maximum absolute atomic E-state index is 13.7. The third kappa shape index (κ3) is 3.65. The Balaban J connectivity index is 1.38. The van der Waals surface area contributed by atoms with Crippen molar-refractivity contribution in [3.05, 3.63) is 95.3 Å². The molecule has 0 aromatic heterocycles. The Bertz CT molecular complexity index is 1180. The van der Waals surface area contributed by atoms with E-state index in [1.807, 2.05) is 36.4 Å². The lowest BCUT2D eigenvalue weighted by atomic mass is 9.88. The molecule has 2 aliphatic rings. The Morgan fingerprint density at radius 2 is 1.67 bits per heavy atom. The van der Waals surface area contributed by atoms with E-state index in [1.54, 1.807) is 12.1 Å². The summed E-state index contributed by atoms with van der Waals surface area (Å²) in [4.78, 5) is 26.9. The van der Waals surface area contributed by atoms with E-state index in [-0.39, 0.29) is 25.5 Å². The molecule has 1 saturated heterocycles. The molecule has 33 heavy (non-hydrogen) atoms. The Labute approximate surface area is 191 Å². The Morgan fingerprint density at radius 3 is 2.30 bits per heavy atom. The van der Waals surface area contributed by atoms with Crippen molar-refractivity contribution in [2.24, 2.45) is 0 Å². The number of ether oxygens (including phenoxy) is 1. The van der Waals surface area contributed by atoms with Crippen molar-refractivity contribution in [2.75, 3.05) is 13.2 Å². The number of carboxylic acids is 1. The van der Waals surface area contributed by atoms with Gasteiger partial charge in [-0.2, -0.15) is 0 Å². The van der Waals surface area contributed by atoms with Gasteiger partial charge in [-0.1, -0.05) is 60.7 Å². The van der Waals surface area contributed by atoms with Crippen LogP contribution in [0.3, 0.4) is 0 Å². The molecule has 0 spiro atoms. The van der Waals surface area contributed by atoms with Gasteiger partial charge in [0.05, 0.1) is 0 Å². The molecule has 1 atom stereocenters. The lowest BCUT2D eigenvalue weighted by Crippen LogP contribution is -2.54. The van der Waals surface area contributed by atoms with Crippen LogP contribution < -0.4 is 0 Å². The first-order valence-electron chi connectivity index (χ1n) is 11.1. The number of carbonyl (C=O) groups is 2. The molecule has 1 aliphatic heterocycles. The third-order valence-corrected chi connectivity index (χ3v) is 6.83. The zero-order chi connectivity index (χ0) is 23.0. The molecule has 0 saturated carbocycles. The van der Waals surface area contributed by atoms with Crippen molar-refractivity contribution in [3.8, 4) is 11.1 Å². The number of benzene rings is 3. The molecule has 5 nitrogen and oxygen atoms in total. The predicted molar refractivity (Wildman–Crippen MR) is 121 cm³/mol. The normalized spacial score (nSPS) is 19.2. The Morgan fingerprint density at radius 1 is 1.00 bits per heavy atom. The van der Waals surface area contributed by atoms with Crippen LogP contribution in [0.25, 0.3) is 11.1 Å². The van der Waals surface area contributed by atoms with Crippen LogP contribution in [0.2, 0.25) is 0 Å². The maximum Gasteiger partial charge on any atom is 0.410 e. The van der Waals surface area contributed by atoms with E-state index >= 15 is 0 Å². The van der Waals surface area contributed by atoms with E-state index in [9.17, 15) is 19.1 Å². The number of likely N-dealkylation sites (tertiary alicyclic amines) is 1. The van der Waals surface area contributed by atoms with Gasteiger partial charge >= 0.3 is 12.1 Å². The van der Waals surface area contributed by atoms with Gasteiger partial charge in [-0.05, 0) is 52.8 Å². The first-order valence-corrected chi connectivity index (χ1v) is 11.1. The number of carboxylic acid groups (broad SMARTS) is 1. The minimum absolute atomic E-state index is 0.0320. The number of amides is 1. The average Bonchev–Trinajstić information content (AvgIpc) is 3.38. The summed E-state index contributed by atoms with van der Waals surface area (Å²) in [6, 6.07) is 22.0. The smallest absolute Gasteiger partial charge is 0.410 e. The summed E-state index contributed by atoms with van der Waals surface area (Å²) in [6.07, 6.45) is 0.229. The molecule has 1 fully saturated rings. The van der Waals surface area contributed by atoms with Crippen LogP contribution in [-0.2, 0) is 16.0 Å². The zero-order valence-electron chi connectivity index (χ0n) is 18.0. The molecule has 0 radical (unpaired) electrons. The van der Waals surface area contributed by atoms with Crippen molar-refractivity contribution in [2.45, 2.75) is 30.7 Å². The Hall–Kier alpha value is -3.67. The summed E-state index contributed by atoms with van der Waals surface area (Å²) in [5, 5.41) is 10.1. The third-order valence-electron chi connectivity index (χ3n) is 6.83. The lowest BCUT2D eigenvalue weighted by Gasteiger charge is -2.34. The average molecular weight is 445 g/mol. The summed E-state index contributed by atoms with van der Waals surface area (Å²) >= 11 is 0. The molecule has 1 heterocycles. The van der Waals surface area contributed by atoms with Crippen molar-refractivity contribution in [3.63, 3.8) is 0 Å². The first-order chi connectivity index (χ1) is 16.0. The van der Waals surface area contributed by atoms with Crippen LogP contribution in [0, 0.1) is 5.82 Å². The second kappa shape index (κ2) is 8.35. The van der Waals surface area contributed by atoms with Gasteiger partial charge in [0.1, 0.15) is 18.0 Å². The number of carbonyl (C=O) groups excluding carboxylic acids is 1. The second-order valence-electron chi connectivity index (χ2n) is 8.70. The highest BCUT2D eigenvalue weighted by molar-refractivity contribution is 5.86. The predicted octanol–water partition coefficient (Wildman–Crippen LogP) is 5.24. The quantitative estimate of drug-likeness (QED) is 0.584. The monoisotopic (exact) mass is 445 g/mol. The molecule has 0 unspecified atom stereocenters. The van der Waals surface area contributed by atoms with E-state index in [4.69, 9.17) is 4.74 Å². The van der Waals surface area contributed by atoms with Gasteiger partial charge < -0.3 is 9.84 Å². The summed E-state index contributed by atoms with van der Waals surface area (Å²) in [7, 11) is 0. The fourth-order valence-electron chi connectivity index (χ4n) is 5.28. The molecule has 1 aliphatic carbocycles. The number of hydrogen-bond acceptors (Lipinski definition) is 3. The fraction of sp³-hybridized carbons (Fsp3) is 0.259. The van der Waals surface area contributed by atoms with Gasteiger partial charge in [-0.25, -0.2) is 14.0 Å². The number of nitrogens with zero attached hydrogens (tertiary/aromatic N) is 1. The van der Waals surface area contributed by atoms with Crippen LogP contribution in [-0.4, -0.2) is 40.8 Å². The van der Waals surface area contributed by atoms with Crippen LogP contribution in [0.1, 0.15) is 35.4 Å². The number of hydrogen-bond donors (Lipinski definition) is 1. The van der Waals surface area contributed by atoms with Gasteiger partial charge in [-0.15, -0.1) is 0 Å². The highest BCUT2D eigenvalue weighted by atomic mass is 19.1. The van der Waals surface area contributed by atoms with Crippen molar-refractivity contribution < 1.29 is 23.8 Å². The van der Waals surface area contributed by atoms with E-state index in [1.165, 1.54) is 17.0 Å². The number of fused-ring (bicyclic) bond motifs is 3. The summed E-state index contributed by atoms with van der Waals surface area (Å²) in [5.41, 5.74) is 3.53. The highest BCUT2D eigenvalue weighted by Gasteiger charge is 2.51. The lowest BCUT2D eigenvalue weighted by molar-refractivity contribution is -0.148. The number of rotatable bonds is 5. The summed E-state index contributed by atoms with van der Waals surface area (Å²) in [6.45, 7) is 0.414. The van der Waals surface area contributed by atoms with Crippen LogP contribution >= 0.6 is 0 Å². The van der Waals surface area contributed by atoms with Crippen molar-refractivity contribution in [1.82, 2.24) is 4.90 Å². The zero-order valence-corrected chi connectivity index (χ0v) is 18.0. The number of aliphatic carboxylic acids is 1. The first kappa shape index (κ1) is 21.2. The van der Waals surface area contributed by atoms with Crippen molar-refractivity contribution in [1.29, 1.82) is 0 Å². The van der Waals surface area contributed by atoms with Gasteiger partial charge in [0.25, 0.3) is 0 Å². The molecule has 5 rings (SSSR count). The van der Waals surface area contributed by atoms with Crippen molar-refractivity contribution >= 4 is 12.1 Å². The maximum atomic E-state index is 13.7. The molecule has 3 aromatic carbocycles. The van der Waals surface area contributed by atoms with Gasteiger partial charge in [0.2, 0.25) is 0 Å². The summed E-state index contributed by atoms with van der Waals surface area (Å²) in [5.74, 6) is -1.64. The van der Waals surface area contributed by atoms with Gasteiger partial charge in [-0.3, -0.25) is 4.90 Å². The molecule has 0 bridgehead atoms. The molecular weight excluding hydrogens is 421 g/mol. The largest absolute Gasteiger partial charge is 0.479 e. The van der Waals surface area contributed by atoms with E-state index in [0.717, 1.165) is 22.3 Å². The molecule has 168 valence electrons. The SMILES string of the molecule is O=C(OCC1c2ccccc2-c2ccccc21)N1CCC[C@]1(Cc1cccc(F)c1)C(=O)O. The topological polar surface area (TPSA) is 66.8 Å². The molecule has 3 aromatic rings. The van der Waals surface area contributed by atoms with Crippen LogP contribution in [0.5, 0.6) is 0 Å². The molecule has 1 N–H and O–H groups in total. The van der Waals surface area contributed by atoms with Crippen LogP contribution in [0.15, 0.2) is 72.8 Å². The van der Waals surface area contributed by atoms with E-state index in [0.29, 0.717) is 18.4 Å². The molecule has 6 heteroatoms. The van der Waals surface area contributed by atoms with Gasteiger partial charge in [0, 0.05) is 18.9 Å².